The molecule has 4 nitrogen and oxygen atoms in total. The minimum Gasteiger partial charge on any atom is -0.496 e. The van der Waals surface area contributed by atoms with Gasteiger partial charge in [0, 0.05) is 5.56 Å². The fourth-order valence-corrected chi connectivity index (χ4v) is 1.73. The molecule has 90 valence electrons. The number of nitrogens with one attached hydrogen (secondary N) is 1. The summed E-state index contributed by atoms with van der Waals surface area (Å²) in [7, 11) is 4.90. The number of ether oxygens (including phenoxy) is 2. The molecule has 0 saturated carbocycles. The van der Waals surface area contributed by atoms with Gasteiger partial charge in [-0.1, -0.05) is 0 Å². The Morgan fingerprint density at radius 2 is 1.81 bits per heavy atom. The molecular weight excluding hydrogens is 206 g/mol. The van der Waals surface area contributed by atoms with Crippen molar-refractivity contribution < 1.29 is 14.6 Å². The van der Waals surface area contributed by atoms with Crippen molar-refractivity contribution in [2.45, 2.75) is 20.1 Å². The Morgan fingerprint density at radius 3 is 2.25 bits per heavy atom. The Morgan fingerprint density at radius 1 is 1.19 bits per heavy atom. The van der Waals surface area contributed by atoms with Crippen LogP contribution in [0.2, 0.25) is 0 Å². The normalized spacial score (nSPS) is 12.4. The number of benzene rings is 1. The quantitative estimate of drug-likeness (QED) is 0.763. The van der Waals surface area contributed by atoms with Crippen molar-refractivity contribution in [2.75, 3.05) is 21.3 Å². The molecule has 0 saturated heterocycles. The molecule has 0 aliphatic carbocycles. The predicted octanol–water partition coefficient (Wildman–Crippen LogP) is 1.53. The minimum atomic E-state index is -0.761. The average Bonchev–Trinajstić information content (AvgIpc) is 2.31. The summed E-state index contributed by atoms with van der Waals surface area (Å²) < 4.78 is 10.6. The van der Waals surface area contributed by atoms with Gasteiger partial charge in [-0.3, -0.25) is 5.32 Å². The van der Waals surface area contributed by atoms with Crippen molar-refractivity contribution >= 4 is 0 Å². The molecule has 1 atom stereocenters. The monoisotopic (exact) mass is 225 g/mol. The topological polar surface area (TPSA) is 50.7 Å². The molecule has 0 fully saturated rings. The van der Waals surface area contributed by atoms with E-state index in [1.807, 2.05) is 13.8 Å². The van der Waals surface area contributed by atoms with Crippen LogP contribution < -0.4 is 14.8 Å². The molecule has 2 N–H and O–H groups in total. The Kier molecular flexibility index (Phi) is 4.15. The second kappa shape index (κ2) is 5.18. The van der Waals surface area contributed by atoms with Gasteiger partial charge in [-0.05, 0) is 38.1 Å². The molecule has 0 bridgehead atoms. The van der Waals surface area contributed by atoms with Crippen LogP contribution >= 0.6 is 0 Å². The molecule has 0 aromatic heterocycles. The van der Waals surface area contributed by atoms with E-state index in [9.17, 15) is 5.11 Å². The highest BCUT2D eigenvalue weighted by molar-refractivity contribution is 5.53. The maximum Gasteiger partial charge on any atom is 0.134 e. The molecular formula is C12H19NO3. The van der Waals surface area contributed by atoms with E-state index in [1.54, 1.807) is 27.3 Å². The molecule has 1 rings (SSSR count). The van der Waals surface area contributed by atoms with Gasteiger partial charge >= 0.3 is 0 Å². The van der Waals surface area contributed by atoms with Crippen LogP contribution in [-0.4, -0.2) is 26.4 Å². The first-order valence-corrected chi connectivity index (χ1v) is 5.14. The van der Waals surface area contributed by atoms with Crippen LogP contribution in [0.4, 0.5) is 0 Å². The molecule has 4 heteroatoms. The standard InChI is InChI=1S/C12H19NO3/c1-7-8(2)11(16-5)9(12(14)13-3)6-10(7)15-4/h6,12-14H,1-5H3. The lowest BCUT2D eigenvalue weighted by molar-refractivity contribution is 0.145. The Bertz CT molecular complexity index is 377. The van der Waals surface area contributed by atoms with Crippen LogP contribution in [0.5, 0.6) is 11.5 Å². The second-order valence-electron chi connectivity index (χ2n) is 3.64. The molecule has 0 spiro atoms. The van der Waals surface area contributed by atoms with Crippen molar-refractivity contribution in [2.24, 2.45) is 0 Å². The van der Waals surface area contributed by atoms with Gasteiger partial charge in [0.15, 0.2) is 0 Å². The van der Waals surface area contributed by atoms with Crippen LogP contribution in [0, 0.1) is 13.8 Å². The zero-order valence-corrected chi connectivity index (χ0v) is 10.4. The van der Waals surface area contributed by atoms with Gasteiger partial charge in [0.25, 0.3) is 0 Å². The van der Waals surface area contributed by atoms with E-state index in [4.69, 9.17) is 9.47 Å². The smallest absolute Gasteiger partial charge is 0.134 e. The lowest BCUT2D eigenvalue weighted by atomic mass is 10.0. The summed E-state index contributed by atoms with van der Waals surface area (Å²) >= 11 is 0. The van der Waals surface area contributed by atoms with Crippen LogP contribution in [0.1, 0.15) is 22.9 Å². The Balaban J connectivity index is 3.40. The van der Waals surface area contributed by atoms with Crippen LogP contribution in [-0.2, 0) is 0 Å². The summed E-state index contributed by atoms with van der Waals surface area (Å²) in [6, 6.07) is 1.79. The molecule has 0 heterocycles. The molecule has 1 aromatic carbocycles. The van der Waals surface area contributed by atoms with E-state index in [0.29, 0.717) is 11.3 Å². The third kappa shape index (κ3) is 2.13. The van der Waals surface area contributed by atoms with Crippen molar-refractivity contribution in [3.8, 4) is 11.5 Å². The summed E-state index contributed by atoms with van der Waals surface area (Å²) in [5.41, 5.74) is 2.68. The van der Waals surface area contributed by atoms with Crippen molar-refractivity contribution in [1.29, 1.82) is 0 Å². The SMILES string of the molecule is CNC(O)c1cc(OC)c(C)c(C)c1OC. The Labute approximate surface area is 96.2 Å². The maximum absolute atomic E-state index is 9.83. The molecule has 1 unspecified atom stereocenters. The van der Waals surface area contributed by atoms with Crippen molar-refractivity contribution in [3.05, 3.63) is 22.8 Å². The lowest BCUT2D eigenvalue weighted by Gasteiger charge is -2.19. The fourth-order valence-electron chi connectivity index (χ4n) is 1.73. The van der Waals surface area contributed by atoms with Gasteiger partial charge in [-0.15, -0.1) is 0 Å². The van der Waals surface area contributed by atoms with E-state index in [-0.39, 0.29) is 0 Å². The summed E-state index contributed by atoms with van der Waals surface area (Å²) in [6.45, 7) is 3.91. The molecule has 0 aliphatic heterocycles. The van der Waals surface area contributed by atoms with Crippen LogP contribution in [0.15, 0.2) is 6.07 Å². The van der Waals surface area contributed by atoms with Crippen molar-refractivity contribution in [1.82, 2.24) is 5.32 Å². The van der Waals surface area contributed by atoms with Gasteiger partial charge in [-0.25, -0.2) is 0 Å². The van der Waals surface area contributed by atoms with Gasteiger partial charge < -0.3 is 14.6 Å². The third-order valence-electron chi connectivity index (χ3n) is 2.81. The first kappa shape index (κ1) is 12.8. The first-order valence-electron chi connectivity index (χ1n) is 5.14. The van der Waals surface area contributed by atoms with E-state index in [2.05, 4.69) is 5.32 Å². The van der Waals surface area contributed by atoms with Gasteiger partial charge in [0.05, 0.1) is 14.2 Å². The molecule has 1 aromatic rings. The Hall–Kier alpha value is -1.26. The van der Waals surface area contributed by atoms with Crippen LogP contribution in [0.25, 0.3) is 0 Å². The summed E-state index contributed by atoms with van der Waals surface area (Å²) in [5, 5.41) is 12.6. The van der Waals surface area contributed by atoms with E-state index in [0.717, 1.165) is 16.9 Å². The van der Waals surface area contributed by atoms with Gasteiger partial charge in [0.1, 0.15) is 17.7 Å². The largest absolute Gasteiger partial charge is 0.496 e. The van der Waals surface area contributed by atoms with E-state index >= 15 is 0 Å². The van der Waals surface area contributed by atoms with Gasteiger partial charge in [-0.2, -0.15) is 0 Å². The summed E-state index contributed by atoms with van der Waals surface area (Å²) in [6.07, 6.45) is -0.761. The lowest BCUT2D eigenvalue weighted by Crippen LogP contribution is -2.17. The molecule has 0 aliphatic rings. The first-order chi connectivity index (χ1) is 7.56. The molecule has 16 heavy (non-hydrogen) atoms. The van der Waals surface area contributed by atoms with E-state index < -0.39 is 6.23 Å². The molecule has 0 radical (unpaired) electrons. The van der Waals surface area contributed by atoms with Crippen LogP contribution in [0.3, 0.4) is 0 Å². The van der Waals surface area contributed by atoms with E-state index in [1.165, 1.54) is 0 Å². The number of hydrogen-bond donors (Lipinski definition) is 2. The highest BCUT2D eigenvalue weighted by Gasteiger charge is 2.18. The minimum absolute atomic E-state index is 0.685. The number of methoxy groups -OCH3 is 2. The average molecular weight is 225 g/mol. The summed E-state index contributed by atoms with van der Waals surface area (Å²) in [5.74, 6) is 1.45. The fraction of sp³-hybridized carbons (Fsp3) is 0.500. The van der Waals surface area contributed by atoms with Gasteiger partial charge in [0.2, 0.25) is 0 Å². The zero-order chi connectivity index (χ0) is 12.3. The molecule has 0 amide bonds. The summed E-state index contributed by atoms with van der Waals surface area (Å²) in [4.78, 5) is 0. The number of aliphatic hydroxyl groups is 1. The third-order valence-corrected chi connectivity index (χ3v) is 2.81. The highest BCUT2D eigenvalue weighted by Crippen LogP contribution is 2.35. The predicted molar refractivity (Wildman–Crippen MR) is 63.0 cm³/mol. The highest BCUT2D eigenvalue weighted by atomic mass is 16.5. The number of aliphatic hydroxyl groups excluding tert-OH is 1. The number of rotatable bonds is 4. The second-order valence-corrected chi connectivity index (χ2v) is 3.64. The zero-order valence-electron chi connectivity index (χ0n) is 10.4. The van der Waals surface area contributed by atoms with Crippen molar-refractivity contribution in [3.63, 3.8) is 0 Å². The maximum atomic E-state index is 9.83. The number of hydrogen-bond acceptors (Lipinski definition) is 4.